The largest absolute Gasteiger partial charge is 0.462 e. The van der Waals surface area contributed by atoms with E-state index in [2.05, 4.69) is 12.6 Å². The predicted octanol–water partition coefficient (Wildman–Crippen LogP) is 2.64. The van der Waals surface area contributed by atoms with Crippen molar-refractivity contribution in [2.45, 2.75) is 44.3 Å². The quantitative estimate of drug-likeness (QED) is 0.522. The van der Waals surface area contributed by atoms with Crippen LogP contribution in [0.4, 0.5) is 0 Å². The maximum atomic E-state index is 11.4. The van der Waals surface area contributed by atoms with Crippen LogP contribution in [-0.2, 0) is 14.0 Å². The fourth-order valence-corrected chi connectivity index (χ4v) is 6.20. The smallest absolute Gasteiger partial charge is 0.333 e. The van der Waals surface area contributed by atoms with Crippen molar-refractivity contribution in [3.8, 4) is 0 Å². The molecule has 0 aliphatic carbocycles. The van der Waals surface area contributed by atoms with Crippen molar-refractivity contribution in [2.75, 3.05) is 13.2 Å². The molecule has 2 aliphatic rings. The SMILES string of the molecule is CC1=CC([Si]2(C)CCCCO2)CCOC1=O. The van der Waals surface area contributed by atoms with Crippen molar-refractivity contribution >= 4 is 14.3 Å². The molecule has 0 N–H and O–H groups in total. The molecule has 2 rings (SSSR count). The number of rotatable bonds is 1. The van der Waals surface area contributed by atoms with Gasteiger partial charge in [0.1, 0.15) is 0 Å². The maximum absolute atomic E-state index is 11.4. The average Bonchev–Trinajstić information content (AvgIpc) is 2.43. The molecule has 1 fully saturated rings. The van der Waals surface area contributed by atoms with Crippen LogP contribution in [0.2, 0.25) is 18.1 Å². The summed E-state index contributed by atoms with van der Waals surface area (Å²) in [5, 5.41) is 0. The summed E-state index contributed by atoms with van der Waals surface area (Å²) < 4.78 is 11.2. The summed E-state index contributed by atoms with van der Waals surface area (Å²) in [4.78, 5) is 11.4. The van der Waals surface area contributed by atoms with Gasteiger partial charge in [-0.05, 0) is 37.9 Å². The highest BCUT2D eigenvalue weighted by molar-refractivity contribution is 6.74. The molecule has 4 heteroatoms. The Kier molecular flexibility index (Phi) is 3.49. The van der Waals surface area contributed by atoms with Crippen LogP contribution in [0.15, 0.2) is 11.6 Å². The van der Waals surface area contributed by atoms with Gasteiger partial charge < -0.3 is 9.16 Å². The van der Waals surface area contributed by atoms with Crippen LogP contribution < -0.4 is 0 Å². The minimum Gasteiger partial charge on any atom is -0.462 e. The van der Waals surface area contributed by atoms with Crippen LogP contribution in [-0.4, -0.2) is 27.5 Å². The first-order valence-electron chi connectivity index (χ1n) is 6.11. The van der Waals surface area contributed by atoms with Gasteiger partial charge in [-0.3, -0.25) is 0 Å². The molecule has 0 amide bonds. The molecule has 2 atom stereocenters. The van der Waals surface area contributed by atoms with Crippen molar-refractivity contribution in [3.05, 3.63) is 11.6 Å². The molecule has 0 spiro atoms. The Hall–Kier alpha value is -0.613. The first kappa shape index (κ1) is 11.9. The van der Waals surface area contributed by atoms with Crippen molar-refractivity contribution < 1.29 is 14.0 Å². The molecule has 16 heavy (non-hydrogen) atoms. The van der Waals surface area contributed by atoms with E-state index in [1.54, 1.807) is 0 Å². The van der Waals surface area contributed by atoms with E-state index in [0.717, 1.165) is 18.6 Å². The second-order valence-corrected chi connectivity index (χ2v) is 9.15. The van der Waals surface area contributed by atoms with Crippen LogP contribution in [0.3, 0.4) is 0 Å². The molecule has 0 bridgehead atoms. The zero-order chi connectivity index (χ0) is 11.6. The molecule has 0 aromatic rings. The van der Waals surface area contributed by atoms with Gasteiger partial charge in [0, 0.05) is 12.2 Å². The van der Waals surface area contributed by atoms with Gasteiger partial charge >= 0.3 is 5.97 Å². The van der Waals surface area contributed by atoms with E-state index in [4.69, 9.17) is 9.16 Å². The van der Waals surface area contributed by atoms with E-state index in [9.17, 15) is 4.79 Å². The first-order valence-corrected chi connectivity index (χ1v) is 8.80. The third-order valence-corrected chi connectivity index (χ3v) is 7.95. The summed E-state index contributed by atoms with van der Waals surface area (Å²) in [7, 11) is -1.65. The van der Waals surface area contributed by atoms with Crippen molar-refractivity contribution in [2.24, 2.45) is 0 Å². The minimum absolute atomic E-state index is 0.157. The summed E-state index contributed by atoms with van der Waals surface area (Å²) >= 11 is 0. The van der Waals surface area contributed by atoms with E-state index in [0.29, 0.717) is 12.1 Å². The van der Waals surface area contributed by atoms with Gasteiger partial charge in [-0.2, -0.15) is 0 Å². The van der Waals surface area contributed by atoms with Crippen LogP contribution in [0.5, 0.6) is 0 Å². The Bertz CT molecular complexity index is 305. The molecule has 1 saturated heterocycles. The molecular weight excluding hydrogens is 220 g/mol. The summed E-state index contributed by atoms with van der Waals surface area (Å²) in [5.74, 6) is -0.157. The van der Waals surface area contributed by atoms with Gasteiger partial charge in [-0.1, -0.05) is 12.5 Å². The summed E-state index contributed by atoms with van der Waals surface area (Å²) in [6.45, 7) is 5.60. The molecule has 0 aromatic carbocycles. The van der Waals surface area contributed by atoms with E-state index in [1.807, 2.05) is 6.92 Å². The molecule has 2 heterocycles. The van der Waals surface area contributed by atoms with Gasteiger partial charge in [0.2, 0.25) is 0 Å². The number of cyclic esters (lactones) is 1. The van der Waals surface area contributed by atoms with Gasteiger partial charge in [-0.15, -0.1) is 0 Å². The normalized spacial score (nSPS) is 36.2. The molecule has 90 valence electrons. The number of esters is 1. The van der Waals surface area contributed by atoms with Crippen LogP contribution in [0.25, 0.3) is 0 Å². The van der Waals surface area contributed by atoms with Crippen molar-refractivity contribution in [1.82, 2.24) is 0 Å². The standard InChI is InChI=1S/C12H20O3Si/c1-10-9-11(5-7-14-12(10)13)16(2)8-4-3-6-15-16/h9,11H,3-8H2,1-2H3. The molecule has 0 aromatic heterocycles. The van der Waals surface area contributed by atoms with Gasteiger partial charge in [0.05, 0.1) is 6.61 Å². The summed E-state index contributed by atoms with van der Waals surface area (Å²) in [5.41, 5.74) is 1.20. The average molecular weight is 240 g/mol. The highest BCUT2D eigenvalue weighted by Crippen LogP contribution is 2.37. The molecule has 0 radical (unpaired) electrons. The number of hydrogen-bond acceptors (Lipinski definition) is 3. The lowest BCUT2D eigenvalue weighted by atomic mass is 10.2. The van der Waals surface area contributed by atoms with E-state index in [1.165, 1.54) is 18.9 Å². The number of hydrogen-bond donors (Lipinski definition) is 0. The lowest BCUT2D eigenvalue weighted by molar-refractivity contribution is -0.138. The van der Waals surface area contributed by atoms with Crippen molar-refractivity contribution in [1.29, 1.82) is 0 Å². The van der Waals surface area contributed by atoms with E-state index >= 15 is 0 Å². The summed E-state index contributed by atoms with van der Waals surface area (Å²) in [6, 6.07) is 1.22. The van der Waals surface area contributed by atoms with Gasteiger partial charge in [0.25, 0.3) is 0 Å². The molecule has 2 unspecified atom stereocenters. The van der Waals surface area contributed by atoms with E-state index in [-0.39, 0.29) is 5.97 Å². The zero-order valence-corrected chi connectivity index (χ0v) is 11.1. The monoisotopic (exact) mass is 240 g/mol. The fourth-order valence-electron chi connectivity index (χ4n) is 2.58. The molecular formula is C12H20O3Si. The Labute approximate surface area is 97.9 Å². The number of carbonyl (C=O) groups excluding carboxylic acids is 1. The Morgan fingerprint density at radius 2 is 2.19 bits per heavy atom. The third kappa shape index (κ3) is 2.38. The first-order chi connectivity index (χ1) is 7.62. The van der Waals surface area contributed by atoms with Crippen molar-refractivity contribution in [3.63, 3.8) is 0 Å². The Balaban J connectivity index is 2.15. The van der Waals surface area contributed by atoms with Crippen LogP contribution >= 0.6 is 0 Å². The number of ether oxygens (including phenoxy) is 1. The lowest BCUT2D eigenvalue weighted by Crippen LogP contribution is -2.42. The van der Waals surface area contributed by atoms with Crippen LogP contribution in [0, 0.1) is 0 Å². The maximum Gasteiger partial charge on any atom is 0.333 e. The molecule has 3 nitrogen and oxygen atoms in total. The highest BCUT2D eigenvalue weighted by Gasteiger charge is 2.39. The second kappa shape index (κ2) is 4.71. The Morgan fingerprint density at radius 3 is 2.88 bits per heavy atom. The highest BCUT2D eigenvalue weighted by atomic mass is 28.4. The number of allylic oxidation sites excluding steroid dienone is 1. The van der Waals surface area contributed by atoms with Gasteiger partial charge in [0.15, 0.2) is 8.32 Å². The Morgan fingerprint density at radius 1 is 1.38 bits per heavy atom. The topological polar surface area (TPSA) is 35.5 Å². The van der Waals surface area contributed by atoms with Gasteiger partial charge in [-0.25, -0.2) is 4.79 Å². The van der Waals surface area contributed by atoms with E-state index < -0.39 is 8.32 Å². The third-order valence-electron chi connectivity index (χ3n) is 3.72. The fraction of sp³-hybridized carbons (Fsp3) is 0.750. The number of carbonyl (C=O) groups is 1. The summed E-state index contributed by atoms with van der Waals surface area (Å²) in [6.07, 6.45) is 5.51. The second-order valence-electron chi connectivity index (χ2n) is 5.00. The molecule has 0 saturated carbocycles. The van der Waals surface area contributed by atoms with Crippen LogP contribution in [0.1, 0.15) is 26.2 Å². The lowest BCUT2D eigenvalue weighted by Gasteiger charge is -2.36. The zero-order valence-electron chi connectivity index (χ0n) is 10.1. The minimum atomic E-state index is -1.65. The molecule has 2 aliphatic heterocycles. The predicted molar refractivity (Wildman–Crippen MR) is 64.7 cm³/mol.